The highest BCUT2D eigenvalue weighted by molar-refractivity contribution is 5.93. The van der Waals surface area contributed by atoms with E-state index in [1.54, 1.807) is 18.7 Å². The molecule has 0 saturated carbocycles. The number of amides is 2. The first-order valence-corrected chi connectivity index (χ1v) is 6.83. The molecule has 0 aromatic heterocycles. The number of carbonyl (C=O) groups is 2. The van der Waals surface area contributed by atoms with Crippen LogP contribution in [-0.4, -0.2) is 35.4 Å². The average Bonchev–Trinajstić information content (AvgIpc) is 2.78. The second-order valence-corrected chi connectivity index (χ2v) is 5.79. The number of rotatable bonds is 1. The fraction of sp³-hybridized carbons (Fsp3) is 0.467. The van der Waals surface area contributed by atoms with Crippen LogP contribution in [0.5, 0.6) is 5.75 Å². The number of hydrogen-bond donors (Lipinski definition) is 1. The summed E-state index contributed by atoms with van der Waals surface area (Å²) in [5.74, 6) is 0.679. The highest BCUT2D eigenvalue weighted by Crippen LogP contribution is 2.37. The van der Waals surface area contributed by atoms with Gasteiger partial charge in [0.05, 0.1) is 6.04 Å². The maximum absolute atomic E-state index is 12.7. The van der Waals surface area contributed by atoms with Crippen molar-refractivity contribution in [3.63, 3.8) is 0 Å². The molecule has 3 rings (SSSR count). The maximum Gasteiger partial charge on any atom is 0.248 e. The van der Waals surface area contributed by atoms with Gasteiger partial charge in [0.1, 0.15) is 17.9 Å². The number of nitrogens with one attached hydrogen (secondary N) is 1. The van der Waals surface area contributed by atoms with E-state index >= 15 is 0 Å². The Balaban J connectivity index is 1.94. The SMILES string of the molecule is CC1(C)NC(=O)CCN(C2COc3ccccc32)C1=O. The minimum absolute atomic E-state index is 0.0614. The molecule has 1 aromatic carbocycles. The lowest BCUT2D eigenvalue weighted by molar-refractivity contribution is -0.139. The van der Waals surface area contributed by atoms with Gasteiger partial charge in [-0.3, -0.25) is 9.59 Å². The van der Waals surface area contributed by atoms with Crippen LogP contribution in [0.2, 0.25) is 0 Å². The normalized spacial score (nSPS) is 24.7. The summed E-state index contributed by atoms with van der Waals surface area (Å²) in [6.07, 6.45) is 0.327. The number of nitrogens with zero attached hydrogens (tertiary/aromatic N) is 1. The lowest BCUT2D eigenvalue weighted by Gasteiger charge is -2.32. The van der Waals surface area contributed by atoms with Crippen molar-refractivity contribution in [2.75, 3.05) is 13.2 Å². The van der Waals surface area contributed by atoms with E-state index in [-0.39, 0.29) is 17.9 Å². The van der Waals surface area contributed by atoms with Gasteiger partial charge in [0, 0.05) is 18.5 Å². The van der Waals surface area contributed by atoms with E-state index in [1.807, 2.05) is 24.3 Å². The maximum atomic E-state index is 12.7. The molecule has 0 radical (unpaired) electrons. The second kappa shape index (κ2) is 4.51. The smallest absolute Gasteiger partial charge is 0.248 e. The highest BCUT2D eigenvalue weighted by atomic mass is 16.5. The van der Waals surface area contributed by atoms with Crippen LogP contribution < -0.4 is 10.1 Å². The average molecular weight is 274 g/mol. The van der Waals surface area contributed by atoms with Gasteiger partial charge in [-0.1, -0.05) is 18.2 Å². The van der Waals surface area contributed by atoms with E-state index in [1.165, 1.54) is 0 Å². The molecule has 0 aliphatic carbocycles. The Morgan fingerprint density at radius 2 is 2.05 bits per heavy atom. The fourth-order valence-electron chi connectivity index (χ4n) is 2.85. The first kappa shape index (κ1) is 13.0. The predicted octanol–water partition coefficient (Wildman–Crippen LogP) is 1.25. The largest absolute Gasteiger partial charge is 0.491 e. The van der Waals surface area contributed by atoms with Crippen molar-refractivity contribution < 1.29 is 14.3 Å². The monoisotopic (exact) mass is 274 g/mol. The van der Waals surface area contributed by atoms with Crippen molar-refractivity contribution in [3.05, 3.63) is 29.8 Å². The molecule has 20 heavy (non-hydrogen) atoms. The quantitative estimate of drug-likeness (QED) is 0.838. The van der Waals surface area contributed by atoms with Gasteiger partial charge in [-0.25, -0.2) is 0 Å². The molecule has 2 aliphatic rings. The molecule has 1 saturated heterocycles. The summed E-state index contributed by atoms with van der Waals surface area (Å²) < 4.78 is 5.65. The number of ether oxygens (including phenoxy) is 1. The van der Waals surface area contributed by atoms with Crippen molar-refractivity contribution in [2.24, 2.45) is 0 Å². The Bertz CT molecular complexity index is 568. The summed E-state index contributed by atoms with van der Waals surface area (Å²) in [4.78, 5) is 26.2. The lowest BCUT2D eigenvalue weighted by atomic mass is 10.0. The van der Waals surface area contributed by atoms with Gasteiger partial charge in [0.25, 0.3) is 0 Å². The zero-order valence-corrected chi connectivity index (χ0v) is 11.7. The van der Waals surface area contributed by atoms with E-state index in [2.05, 4.69) is 5.32 Å². The fourth-order valence-corrected chi connectivity index (χ4v) is 2.85. The Morgan fingerprint density at radius 1 is 1.30 bits per heavy atom. The van der Waals surface area contributed by atoms with Gasteiger partial charge in [-0.2, -0.15) is 0 Å². The Morgan fingerprint density at radius 3 is 2.85 bits per heavy atom. The van der Waals surface area contributed by atoms with Gasteiger partial charge in [0.2, 0.25) is 11.8 Å². The van der Waals surface area contributed by atoms with E-state index in [4.69, 9.17) is 4.74 Å². The van der Waals surface area contributed by atoms with Crippen molar-refractivity contribution >= 4 is 11.8 Å². The van der Waals surface area contributed by atoms with Gasteiger partial charge < -0.3 is 15.0 Å². The van der Waals surface area contributed by atoms with Gasteiger partial charge in [0.15, 0.2) is 0 Å². The molecule has 2 heterocycles. The first-order valence-electron chi connectivity index (χ1n) is 6.83. The third-order valence-electron chi connectivity index (χ3n) is 3.88. The number of hydrogen-bond acceptors (Lipinski definition) is 3. The van der Waals surface area contributed by atoms with Crippen LogP contribution >= 0.6 is 0 Å². The molecular weight excluding hydrogens is 256 g/mol. The van der Waals surface area contributed by atoms with Crippen molar-refractivity contribution in [3.8, 4) is 5.75 Å². The molecule has 0 spiro atoms. The van der Waals surface area contributed by atoms with Crippen LogP contribution in [0.1, 0.15) is 31.9 Å². The minimum atomic E-state index is -0.870. The minimum Gasteiger partial charge on any atom is -0.491 e. The van der Waals surface area contributed by atoms with Crippen LogP contribution in [0.4, 0.5) is 0 Å². The summed E-state index contributed by atoms with van der Waals surface area (Å²) >= 11 is 0. The second-order valence-electron chi connectivity index (χ2n) is 5.79. The van der Waals surface area contributed by atoms with E-state index in [0.29, 0.717) is 19.6 Å². The molecule has 1 unspecified atom stereocenters. The van der Waals surface area contributed by atoms with Gasteiger partial charge >= 0.3 is 0 Å². The van der Waals surface area contributed by atoms with Crippen LogP contribution in [-0.2, 0) is 9.59 Å². The van der Waals surface area contributed by atoms with Crippen LogP contribution in [0.25, 0.3) is 0 Å². The molecule has 2 amide bonds. The number of para-hydroxylation sites is 1. The number of carbonyl (C=O) groups excluding carboxylic acids is 2. The lowest BCUT2D eigenvalue weighted by Crippen LogP contribution is -2.53. The molecule has 1 fully saturated rings. The molecule has 5 nitrogen and oxygen atoms in total. The van der Waals surface area contributed by atoms with Gasteiger partial charge in [-0.05, 0) is 19.9 Å². The standard InChI is InChI=1S/C15H18N2O3/c1-15(2)14(19)17(8-7-13(18)16-15)11-9-20-12-6-4-3-5-10(11)12/h3-6,11H,7-9H2,1-2H3,(H,16,18). The third kappa shape index (κ3) is 2.03. The number of fused-ring (bicyclic) bond motifs is 1. The van der Waals surface area contributed by atoms with Crippen molar-refractivity contribution in [2.45, 2.75) is 31.8 Å². The molecule has 1 atom stereocenters. The third-order valence-corrected chi connectivity index (χ3v) is 3.88. The molecule has 1 N–H and O–H groups in total. The van der Waals surface area contributed by atoms with E-state index in [9.17, 15) is 9.59 Å². The summed E-state index contributed by atoms with van der Waals surface area (Å²) in [5, 5.41) is 2.77. The Labute approximate surface area is 117 Å². The van der Waals surface area contributed by atoms with Crippen LogP contribution in [0.15, 0.2) is 24.3 Å². The molecule has 2 aliphatic heterocycles. The zero-order valence-electron chi connectivity index (χ0n) is 11.7. The highest BCUT2D eigenvalue weighted by Gasteiger charge is 2.41. The van der Waals surface area contributed by atoms with Gasteiger partial charge in [-0.15, -0.1) is 0 Å². The van der Waals surface area contributed by atoms with Crippen molar-refractivity contribution in [1.82, 2.24) is 10.2 Å². The predicted molar refractivity (Wildman–Crippen MR) is 73.2 cm³/mol. The number of benzene rings is 1. The van der Waals surface area contributed by atoms with Crippen molar-refractivity contribution in [1.29, 1.82) is 0 Å². The van der Waals surface area contributed by atoms with Crippen LogP contribution in [0.3, 0.4) is 0 Å². The van der Waals surface area contributed by atoms with Crippen LogP contribution in [0, 0.1) is 0 Å². The topological polar surface area (TPSA) is 58.6 Å². The summed E-state index contributed by atoms with van der Waals surface area (Å²) in [5.41, 5.74) is 0.150. The Kier molecular flexibility index (Phi) is 2.92. The summed E-state index contributed by atoms with van der Waals surface area (Å²) in [7, 11) is 0. The first-order chi connectivity index (χ1) is 9.49. The summed E-state index contributed by atoms with van der Waals surface area (Å²) in [6.45, 7) is 4.37. The zero-order chi connectivity index (χ0) is 14.3. The molecule has 5 heteroatoms. The van der Waals surface area contributed by atoms with E-state index < -0.39 is 5.54 Å². The Hall–Kier alpha value is -2.04. The molecule has 1 aromatic rings. The molecular formula is C15H18N2O3. The summed E-state index contributed by atoms with van der Waals surface area (Å²) in [6, 6.07) is 7.64. The van der Waals surface area contributed by atoms with E-state index in [0.717, 1.165) is 11.3 Å². The molecule has 0 bridgehead atoms. The molecule has 106 valence electrons.